The van der Waals surface area contributed by atoms with Crippen molar-refractivity contribution in [2.75, 3.05) is 0 Å². The van der Waals surface area contributed by atoms with Crippen LogP contribution in [-0.2, 0) is 6.42 Å². The lowest BCUT2D eigenvalue weighted by atomic mass is 9.88. The molecule has 0 saturated heterocycles. The maximum absolute atomic E-state index is 12.9. The molecule has 116 valence electrons. The maximum atomic E-state index is 12.9. The Kier molecular flexibility index (Phi) is 3.15. The first kappa shape index (κ1) is 14.5. The Morgan fingerprint density at radius 1 is 1.14 bits per heavy atom. The van der Waals surface area contributed by atoms with Gasteiger partial charge in [-0.15, -0.1) is 0 Å². The van der Waals surface area contributed by atoms with Crippen LogP contribution in [0, 0.1) is 5.41 Å². The summed E-state index contributed by atoms with van der Waals surface area (Å²) in [4.78, 5) is 4.03. The number of nitrogens with one attached hydrogen (secondary N) is 1. The van der Waals surface area contributed by atoms with E-state index in [1.165, 1.54) is 0 Å². The molecule has 22 heavy (non-hydrogen) atoms. The number of benzene rings is 1. The van der Waals surface area contributed by atoms with Crippen LogP contribution in [0.5, 0.6) is 0 Å². The highest BCUT2D eigenvalue weighted by molar-refractivity contribution is 5.79. The van der Waals surface area contributed by atoms with Gasteiger partial charge in [0.25, 0.3) is 0 Å². The largest absolute Gasteiger partial charge is 0.394 e. The van der Waals surface area contributed by atoms with E-state index in [0.717, 1.165) is 13.8 Å². The third kappa shape index (κ3) is 2.53. The fourth-order valence-electron chi connectivity index (χ4n) is 1.90. The van der Waals surface area contributed by atoms with Crippen LogP contribution in [0.4, 0.5) is 13.2 Å². The third-order valence-electron chi connectivity index (χ3n) is 3.40. The number of halogens is 3. The zero-order valence-corrected chi connectivity index (χ0v) is 11.8. The molecule has 0 unspecified atom stereocenters. The van der Waals surface area contributed by atoms with Gasteiger partial charge in [0.1, 0.15) is 11.0 Å². The normalized spacial score (nSPS) is 13.0. The highest BCUT2D eigenvalue weighted by Crippen LogP contribution is 2.40. The molecule has 0 atom stereocenters. The van der Waals surface area contributed by atoms with Gasteiger partial charge >= 0.3 is 6.18 Å². The molecule has 0 aliphatic heterocycles. The average Bonchev–Trinajstić information content (AvgIpc) is 3.04. The highest BCUT2D eigenvalue weighted by Gasteiger charge is 2.48. The molecule has 9 heteroatoms. The first-order chi connectivity index (χ1) is 10.3. The van der Waals surface area contributed by atoms with Gasteiger partial charge in [0.15, 0.2) is 0 Å². The fraction of sp³-hybridized carbons (Fsp3) is 0.385. The molecule has 0 spiro atoms. The standard InChI is InChI=1S/C13H12F3N5O/c1-12(2,13(14,15)16)6-10-17-11(20-22-10)7-3-4-8-9(5-7)19-21-18-8/h3-5H,6H2,1-2H3,(H,18,19,21). The summed E-state index contributed by atoms with van der Waals surface area (Å²) in [5, 5.41) is 14.1. The van der Waals surface area contributed by atoms with Crippen LogP contribution in [0.25, 0.3) is 22.4 Å². The van der Waals surface area contributed by atoms with Gasteiger partial charge in [-0.1, -0.05) is 19.0 Å². The van der Waals surface area contributed by atoms with E-state index in [9.17, 15) is 13.2 Å². The summed E-state index contributed by atoms with van der Waals surface area (Å²) in [6.07, 6.45) is -4.73. The first-order valence-corrected chi connectivity index (χ1v) is 6.46. The molecule has 0 aliphatic carbocycles. The van der Waals surface area contributed by atoms with Gasteiger partial charge in [0.2, 0.25) is 11.7 Å². The van der Waals surface area contributed by atoms with Gasteiger partial charge in [-0.3, -0.25) is 0 Å². The van der Waals surface area contributed by atoms with Crippen LogP contribution in [-0.4, -0.2) is 31.7 Å². The van der Waals surface area contributed by atoms with Crippen molar-refractivity contribution in [3.63, 3.8) is 0 Å². The van der Waals surface area contributed by atoms with Gasteiger partial charge in [0, 0.05) is 12.0 Å². The summed E-state index contributed by atoms with van der Waals surface area (Å²) >= 11 is 0. The fourth-order valence-corrected chi connectivity index (χ4v) is 1.90. The van der Waals surface area contributed by atoms with Crippen LogP contribution in [0.3, 0.4) is 0 Å². The van der Waals surface area contributed by atoms with Crippen molar-refractivity contribution in [3.05, 3.63) is 24.1 Å². The Bertz CT molecular complexity index is 805. The van der Waals surface area contributed by atoms with Crippen molar-refractivity contribution in [3.8, 4) is 11.4 Å². The van der Waals surface area contributed by atoms with E-state index in [1.54, 1.807) is 18.2 Å². The van der Waals surface area contributed by atoms with E-state index in [1.807, 2.05) is 0 Å². The lowest BCUT2D eigenvalue weighted by Gasteiger charge is -2.25. The van der Waals surface area contributed by atoms with E-state index in [4.69, 9.17) is 4.52 Å². The monoisotopic (exact) mass is 311 g/mol. The predicted molar refractivity (Wildman–Crippen MR) is 70.7 cm³/mol. The lowest BCUT2D eigenvalue weighted by molar-refractivity contribution is -0.212. The first-order valence-electron chi connectivity index (χ1n) is 6.46. The molecule has 3 aromatic rings. The molecule has 2 heterocycles. The van der Waals surface area contributed by atoms with Gasteiger partial charge in [0.05, 0.1) is 5.41 Å². The summed E-state index contributed by atoms with van der Waals surface area (Å²) in [7, 11) is 0. The minimum atomic E-state index is -4.35. The highest BCUT2D eigenvalue weighted by atomic mass is 19.4. The van der Waals surface area contributed by atoms with Crippen molar-refractivity contribution in [2.24, 2.45) is 5.41 Å². The topological polar surface area (TPSA) is 80.5 Å². The van der Waals surface area contributed by atoms with Gasteiger partial charge < -0.3 is 4.52 Å². The van der Waals surface area contributed by atoms with Crippen molar-refractivity contribution in [1.29, 1.82) is 0 Å². The average molecular weight is 311 g/mol. The van der Waals surface area contributed by atoms with Crippen LogP contribution in [0.15, 0.2) is 22.7 Å². The van der Waals surface area contributed by atoms with Crippen molar-refractivity contribution >= 4 is 11.0 Å². The van der Waals surface area contributed by atoms with Gasteiger partial charge in [-0.2, -0.15) is 33.6 Å². The second-order valence-electron chi connectivity index (χ2n) is 5.60. The number of hydrogen-bond acceptors (Lipinski definition) is 5. The molecule has 2 aromatic heterocycles. The quantitative estimate of drug-likeness (QED) is 0.803. The Morgan fingerprint density at radius 3 is 2.59 bits per heavy atom. The summed E-state index contributed by atoms with van der Waals surface area (Å²) in [5.74, 6) is 0.162. The number of fused-ring (bicyclic) bond motifs is 1. The summed E-state index contributed by atoms with van der Waals surface area (Å²) in [6, 6.07) is 5.10. The zero-order valence-electron chi connectivity index (χ0n) is 11.8. The number of rotatable bonds is 3. The van der Waals surface area contributed by atoms with E-state index >= 15 is 0 Å². The molecule has 6 nitrogen and oxygen atoms in total. The Balaban J connectivity index is 1.87. The number of alkyl halides is 3. The molecule has 1 aromatic carbocycles. The molecule has 0 bridgehead atoms. The number of H-pyrrole nitrogens is 1. The number of nitrogens with zero attached hydrogens (tertiary/aromatic N) is 4. The Labute approximate surface area is 122 Å². The molecule has 0 aliphatic rings. The zero-order chi connectivity index (χ0) is 16.0. The minimum absolute atomic E-state index is 0.0578. The van der Waals surface area contributed by atoms with Crippen molar-refractivity contribution in [1.82, 2.24) is 25.6 Å². The number of hydrogen-bond donors (Lipinski definition) is 1. The molecule has 0 amide bonds. The second-order valence-corrected chi connectivity index (χ2v) is 5.60. The van der Waals surface area contributed by atoms with Gasteiger partial charge in [-0.05, 0) is 18.2 Å². The summed E-state index contributed by atoms with van der Waals surface area (Å²) < 4.78 is 43.6. The van der Waals surface area contributed by atoms with E-state index in [0.29, 0.717) is 16.6 Å². The van der Waals surface area contributed by atoms with E-state index in [-0.39, 0.29) is 18.1 Å². The predicted octanol–water partition coefficient (Wildman–Crippen LogP) is 3.14. The SMILES string of the molecule is CC(C)(Cc1nc(-c2ccc3n[nH]nc3c2)no1)C(F)(F)F. The Hall–Kier alpha value is -2.45. The summed E-state index contributed by atoms with van der Waals surface area (Å²) in [5.41, 5.74) is -0.0567. The molecule has 0 saturated carbocycles. The molecule has 0 fully saturated rings. The number of aromatic amines is 1. The van der Waals surface area contributed by atoms with Crippen molar-refractivity contribution < 1.29 is 17.7 Å². The smallest absolute Gasteiger partial charge is 0.339 e. The Morgan fingerprint density at radius 2 is 1.86 bits per heavy atom. The third-order valence-corrected chi connectivity index (χ3v) is 3.40. The second kappa shape index (κ2) is 4.79. The molecule has 3 rings (SSSR count). The van der Waals surface area contributed by atoms with Crippen LogP contribution < -0.4 is 0 Å². The van der Waals surface area contributed by atoms with Gasteiger partial charge in [-0.25, -0.2) is 0 Å². The lowest BCUT2D eigenvalue weighted by Crippen LogP contribution is -2.34. The number of aromatic nitrogens is 5. The molecular formula is C13H12F3N5O. The van der Waals surface area contributed by atoms with Crippen LogP contribution >= 0.6 is 0 Å². The van der Waals surface area contributed by atoms with E-state index < -0.39 is 11.6 Å². The van der Waals surface area contributed by atoms with Crippen molar-refractivity contribution in [2.45, 2.75) is 26.4 Å². The van der Waals surface area contributed by atoms with Crippen LogP contribution in [0.2, 0.25) is 0 Å². The molecule has 0 radical (unpaired) electrons. The molecule has 1 N–H and O–H groups in total. The minimum Gasteiger partial charge on any atom is -0.339 e. The van der Waals surface area contributed by atoms with E-state index in [2.05, 4.69) is 25.6 Å². The van der Waals surface area contributed by atoms with Crippen LogP contribution in [0.1, 0.15) is 19.7 Å². The maximum Gasteiger partial charge on any atom is 0.394 e. The molecular weight excluding hydrogens is 299 g/mol. The summed E-state index contributed by atoms with van der Waals surface area (Å²) in [6.45, 7) is 2.19.